The van der Waals surface area contributed by atoms with Crippen LogP contribution < -0.4 is 5.32 Å². The molecule has 2 nitrogen and oxygen atoms in total. The maximum absolute atomic E-state index is 8.85. The number of hydrogen-bond donors (Lipinski definition) is 1. The Balaban J connectivity index is 1.98. The van der Waals surface area contributed by atoms with Crippen molar-refractivity contribution in [2.75, 3.05) is 0 Å². The van der Waals surface area contributed by atoms with Gasteiger partial charge >= 0.3 is 0 Å². The summed E-state index contributed by atoms with van der Waals surface area (Å²) in [7, 11) is 0. The van der Waals surface area contributed by atoms with Gasteiger partial charge in [0.15, 0.2) is 0 Å². The zero-order chi connectivity index (χ0) is 12.7. The van der Waals surface area contributed by atoms with Crippen molar-refractivity contribution in [2.45, 2.75) is 40.3 Å². The average Bonchev–Trinajstić information content (AvgIpc) is 2.67. The largest absolute Gasteiger partial charge is 0.309 e. The van der Waals surface area contributed by atoms with Crippen LogP contribution in [0.5, 0.6) is 0 Å². The minimum Gasteiger partial charge on any atom is -0.309 e. The van der Waals surface area contributed by atoms with Gasteiger partial charge in [0.2, 0.25) is 0 Å². The van der Waals surface area contributed by atoms with Crippen molar-refractivity contribution in [3.63, 3.8) is 0 Å². The van der Waals surface area contributed by atoms with Gasteiger partial charge < -0.3 is 5.32 Å². The Hall–Kier alpha value is -1.33. The fourth-order valence-corrected chi connectivity index (χ4v) is 2.68. The molecule has 0 radical (unpaired) electrons. The highest BCUT2D eigenvalue weighted by molar-refractivity contribution is 5.33. The van der Waals surface area contributed by atoms with Crippen molar-refractivity contribution >= 4 is 0 Å². The molecule has 0 amide bonds. The fraction of sp³-hybridized carbons (Fsp3) is 0.533. The zero-order valence-electron chi connectivity index (χ0n) is 11.0. The van der Waals surface area contributed by atoms with Crippen LogP contribution in [0.2, 0.25) is 0 Å². The Morgan fingerprint density at radius 3 is 2.41 bits per heavy atom. The summed E-state index contributed by atoms with van der Waals surface area (Å²) >= 11 is 0. The molecule has 1 N–H and O–H groups in total. The van der Waals surface area contributed by atoms with Crippen LogP contribution in [0.4, 0.5) is 0 Å². The van der Waals surface area contributed by atoms with Gasteiger partial charge in [0.05, 0.1) is 11.6 Å². The molecule has 1 aromatic carbocycles. The van der Waals surface area contributed by atoms with Crippen LogP contribution >= 0.6 is 0 Å². The molecule has 0 aliphatic heterocycles. The van der Waals surface area contributed by atoms with E-state index in [9.17, 15) is 0 Å². The highest BCUT2D eigenvalue weighted by atomic mass is 15.0. The molecular weight excluding hydrogens is 208 g/mol. The quantitative estimate of drug-likeness (QED) is 0.863. The zero-order valence-corrected chi connectivity index (χ0v) is 11.0. The Labute approximate surface area is 104 Å². The van der Waals surface area contributed by atoms with E-state index in [0.717, 1.165) is 12.1 Å². The van der Waals surface area contributed by atoms with Crippen molar-refractivity contribution < 1.29 is 0 Å². The maximum Gasteiger partial charge on any atom is 0.0991 e. The number of nitrogens with one attached hydrogen (secondary N) is 1. The molecule has 0 saturated heterocycles. The molecule has 1 fully saturated rings. The maximum atomic E-state index is 8.85. The number of benzene rings is 1. The minimum atomic E-state index is 0.361. The molecule has 2 rings (SSSR count). The molecule has 1 aliphatic carbocycles. The minimum absolute atomic E-state index is 0.361. The highest BCUT2D eigenvalue weighted by Crippen LogP contribution is 2.62. The van der Waals surface area contributed by atoms with E-state index in [2.05, 4.69) is 45.1 Å². The first-order valence-electron chi connectivity index (χ1n) is 6.12. The highest BCUT2D eigenvalue weighted by Gasteiger charge is 2.64. The van der Waals surface area contributed by atoms with Gasteiger partial charge in [-0.25, -0.2) is 0 Å². The molecular formula is C15H20N2. The summed E-state index contributed by atoms with van der Waals surface area (Å²) in [4.78, 5) is 0. The lowest BCUT2D eigenvalue weighted by Crippen LogP contribution is -2.21. The van der Waals surface area contributed by atoms with Crippen LogP contribution in [0, 0.1) is 22.2 Å². The Morgan fingerprint density at radius 2 is 1.88 bits per heavy atom. The van der Waals surface area contributed by atoms with Crippen LogP contribution in [0.1, 0.15) is 38.8 Å². The molecule has 90 valence electrons. The van der Waals surface area contributed by atoms with E-state index in [1.54, 1.807) is 0 Å². The summed E-state index contributed by atoms with van der Waals surface area (Å²) in [6.07, 6.45) is 0. The molecule has 2 heteroatoms. The van der Waals surface area contributed by atoms with Gasteiger partial charge in [0, 0.05) is 12.6 Å². The first kappa shape index (κ1) is 12.1. The number of hydrogen-bond acceptors (Lipinski definition) is 2. The third-order valence-electron chi connectivity index (χ3n) is 4.59. The summed E-state index contributed by atoms with van der Waals surface area (Å²) < 4.78 is 0. The standard InChI is InChI=1S/C15H20N2/c1-14(2)13(15(14,3)4)17-10-12-7-5-6-11(8-12)9-16/h5-8,13,17H,10H2,1-4H3. The van der Waals surface area contributed by atoms with E-state index in [-0.39, 0.29) is 0 Å². The van der Waals surface area contributed by atoms with Crippen LogP contribution in [-0.2, 0) is 6.54 Å². The first-order valence-corrected chi connectivity index (χ1v) is 6.12. The van der Waals surface area contributed by atoms with E-state index in [1.807, 2.05) is 18.2 Å². The molecule has 0 aromatic heterocycles. The Morgan fingerprint density at radius 1 is 1.24 bits per heavy atom. The number of nitrogens with zero attached hydrogens (tertiary/aromatic N) is 1. The van der Waals surface area contributed by atoms with E-state index in [1.165, 1.54) is 5.56 Å². The molecule has 0 bridgehead atoms. The van der Waals surface area contributed by atoms with Crippen molar-refractivity contribution in [1.29, 1.82) is 5.26 Å². The SMILES string of the molecule is CC1(C)C(NCc2cccc(C#N)c2)C1(C)C. The summed E-state index contributed by atoms with van der Waals surface area (Å²) in [5.74, 6) is 0. The Bertz CT molecular complexity index is 452. The van der Waals surface area contributed by atoms with Crippen LogP contribution in [0.25, 0.3) is 0 Å². The molecule has 0 unspecified atom stereocenters. The third kappa shape index (κ3) is 1.96. The van der Waals surface area contributed by atoms with E-state index >= 15 is 0 Å². The summed E-state index contributed by atoms with van der Waals surface area (Å²) in [6, 6.07) is 10.5. The lowest BCUT2D eigenvalue weighted by Gasteiger charge is -2.06. The molecule has 1 saturated carbocycles. The average molecular weight is 228 g/mol. The summed E-state index contributed by atoms with van der Waals surface area (Å²) in [5, 5.41) is 12.4. The van der Waals surface area contributed by atoms with Crippen LogP contribution in [0.3, 0.4) is 0 Å². The predicted molar refractivity (Wildman–Crippen MR) is 69.3 cm³/mol. The topological polar surface area (TPSA) is 35.8 Å². The number of nitriles is 1. The lowest BCUT2D eigenvalue weighted by atomic mass is 10.0. The third-order valence-corrected chi connectivity index (χ3v) is 4.59. The first-order chi connectivity index (χ1) is 7.89. The van der Waals surface area contributed by atoms with Crippen molar-refractivity contribution in [1.82, 2.24) is 5.32 Å². The second-order valence-electron chi connectivity index (χ2n) is 6.07. The molecule has 1 aliphatic rings. The molecule has 17 heavy (non-hydrogen) atoms. The second kappa shape index (κ2) is 3.85. The monoisotopic (exact) mass is 228 g/mol. The van der Waals surface area contributed by atoms with Gasteiger partial charge in [0.25, 0.3) is 0 Å². The fourth-order valence-electron chi connectivity index (χ4n) is 2.68. The Kier molecular flexibility index (Phi) is 2.75. The van der Waals surface area contributed by atoms with Gasteiger partial charge in [-0.3, -0.25) is 0 Å². The van der Waals surface area contributed by atoms with Crippen molar-refractivity contribution in [3.05, 3.63) is 35.4 Å². The smallest absolute Gasteiger partial charge is 0.0991 e. The predicted octanol–water partition coefficient (Wildman–Crippen LogP) is 3.08. The van der Waals surface area contributed by atoms with Crippen molar-refractivity contribution in [3.8, 4) is 6.07 Å². The second-order valence-corrected chi connectivity index (χ2v) is 6.07. The van der Waals surface area contributed by atoms with E-state index in [4.69, 9.17) is 5.26 Å². The van der Waals surface area contributed by atoms with Gasteiger partial charge in [-0.1, -0.05) is 39.8 Å². The van der Waals surface area contributed by atoms with Crippen LogP contribution in [0.15, 0.2) is 24.3 Å². The van der Waals surface area contributed by atoms with Gasteiger partial charge in [-0.05, 0) is 28.5 Å². The molecule has 0 atom stereocenters. The van der Waals surface area contributed by atoms with Crippen molar-refractivity contribution in [2.24, 2.45) is 10.8 Å². The normalized spacial score (nSPS) is 20.9. The molecule has 0 heterocycles. The van der Waals surface area contributed by atoms with E-state index in [0.29, 0.717) is 16.9 Å². The van der Waals surface area contributed by atoms with Gasteiger partial charge in [0.1, 0.15) is 0 Å². The summed E-state index contributed by atoms with van der Waals surface area (Å²) in [5.41, 5.74) is 2.64. The molecule has 1 aromatic rings. The molecule has 0 spiro atoms. The van der Waals surface area contributed by atoms with Crippen LogP contribution in [-0.4, -0.2) is 6.04 Å². The lowest BCUT2D eigenvalue weighted by molar-refractivity contribution is 0.457. The van der Waals surface area contributed by atoms with Gasteiger partial charge in [-0.15, -0.1) is 0 Å². The number of rotatable bonds is 3. The van der Waals surface area contributed by atoms with E-state index < -0.39 is 0 Å². The van der Waals surface area contributed by atoms with Gasteiger partial charge in [-0.2, -0.15) is 5.26 Å². The summed E-state index contributed by atoms with van der Waals surface area (Å²) in [6.45, 7) is 10.0.